The summed E-state index contributed by atoms with van der Waals surface area (Å²) < 4.78 is 5.92. The van der Waals surface area contributed by atoms with Gasteiger partial charge in [0, 0.05) is 37.9 Å². The van der Waals surface area contributed by atoms with E-state index in [0.717, 1.165) is 44.7 Å². The molecule has 1 aliphatic rings. The monoisotopic (exact) mass is 597 g/mol. The van der Waals surface area contributed by atoms with E-state index in [1.807, 2.05) is 56.3 Å². The highest BCUT2D eigenvalue weighted by atomic mass is 16.5. The lowest BCUT2D eigenvalue weighted by molar-refractivity contribution is -0.111. The molecule has 0 atom stereocenters. The zero-order valence-electron chi connectivity index (χ0n) is 26.3. The van der Waals surface area contributed by atoms with Gasteiger partial charge in [-0.3, -0.25) is 4.79 Å². The maximum absolute atomic E-state index is 12.4. The Bertz CT molecular complexity index is 1480. The lowest BCUT2D eigenvalue weighted by Gasteiger charge is -2.38. The molecule has 232 valence electrons. The first-order valence-electron chi connectivity index (χ1n) is 14.9. The van der Waals surface area contributed by atoms with Gasteiger partial charge in [-0.15, -0.1) is 0 Å². The van der Waals surface area contributed by atoms with E-state index in [9.17, 15) is 10.1 Å². The molecule has 1 aliphatic heterocycles. The van der Waals surface area contributed by atoms with Gasteiger partial charge >= 0.3 is 0 Å². The van der Waals surface area contributed by atoms with E-state index in [4.69, 9.17) is 4.74 Å². The SMILES string of the molecule is C=CC(=O)Nc1cc(N2CCC(N(C)CCN(C)C)CC2)ccc1Nc1ncc(C#N)c(Nc2ccccc2OC(C)C)n1. The van der Waals surface area contributed by atoms with Gasteiger partial charge in [0.2, 0.25) is 11.9 Å². The number of hydrogen-bond donors (Lipinski definition) is 3. The van der Waals surface area contributed by atoms with Crippen LogP contribution in [0, 0.1) is 11.3 Å². The van der Waals surface area contributed by atoms with E-state index in [2.05, 4.69) is 74.4 Å². The summed E-state index contributed by atoms with van der Waals surface area (Å²) in [7, 11) is 6.41. The Kier molecular flexibility index (Phi) is 11.1. The lowest BCUT2D eigenvalue weighted by Crippen LogP contribution is -2.45. The van der Waals surface area contributed by atoms with Crippen LogP contribution in [-0.2, 0) is 4.79 Å². The minimum atomic E-state index is -0.323. The van der Waals surface area contributed by atoms with Crippen molar-refractivity contribution in [2.45, 2.75) is 38.8 Å². The number of carbonyl (C=O) groups excluding carboxylic acids is 1. The second kappa shape index (κ2) is 15.2. The van der Waals surface area contributed by atoms with Crippen molar-refractivity contribution in [2.75, 3.05) is 68.2 Å². The van der Waals surface area contributed by atoms with Crippen molar-refractivity contribution in [3.8, 4) is 11.8 Å². The molecule has 1 fully saturated rings. The molecule has 2 aromatic carbocycles. The van der Waals surface area contributed by atoms with Gasteiger partial charge in [-0.05, 0) is 84.2 Å². The van der Waals surface area contributed by atoms with Crippen molar-refractivity contribution in [1.29, 1.82) is 5.26 Å². The molecule has 11 heteroatoms. The topological polar surface area (TPSA) is 122 Å². The molecule has 1 amide bonds. The molecule has 0 aliphatic carbocycles. The third kappa shape index (κ3) is 8.69. The fourth-order valence-electron chi connectivity index (χ4n) is 5.02. The van der Waals surface area contributed by atoms with Gasteiger partial charge in [-0.2, -0.15) is 10.2 Å². The molecule has 1 aromatic heterocycles. The predicted octanol–water partition coefficient (Wildman–Crippen LogP) is 5.21. The van der Waals surface area contributed by atoms with Gasteiger partial charge in [0.1, 0.15) is 17.4 Å². The van der Waals surface area contributed by atoms with Crippen LogP contribution in [0.2, 0.25) is 0 Å². The summed E-state index contributed by atoms with van der Waals surface area (Å²) in [6.07, 6.45) is 4.81. The maximum atomic E-state index is 12.4. The quantitative estimate of drug-likeness (QED) is 0.226. The molecule has 0 spiro atoms. The molecule has 3 aromatic rings. The second-order valence-electron chi connectivity index (χ2n) is 11.4. The predicted molar refractivity (Wildman–Crippen MR) is 177 cm³/mol. The van der Waals surface area contributed by atoms with Crippen molar-refractivity contribution in [3.05, 3.63) is 66.9 Å². The van der Waals surface area contributed by atoms with Crippen molar-refractivity contribution in [2.24, 2.45) is 0 Å². The highest BCUT2D eigenvalue weighted by Gasteiger charge is 2.23. The zero-order chi connectivity index (χ0) is 31.6. The average Bonchev–Trinajstić information content (AvgIpc) is 3.01. The Morgan fingerprint density at radius 2 is 1.86 bits per heavy atom. The Labute approximate surface area is 260 Å². The van der Waals surface area contributed by atoms with Gasteiger partial charge in [0.05, 0.1) is 29.4 Å². The standard InChI is InChI=1S/C33H43N9O2/c1-7-31(43)36-29-20-26(42-16-14-25(15-17-42)41(6)19-18-40(4)5)12-13-27(29)38-33-35-22-24(21-34)32(39-33)37-28-10-8-9-11-30(28)44-23(2)3/h7-13,20,22-23,25H,1,14-19H2,2-6H3,(H,36,43)(H2,35,37,38,39). The van der Waals surface area contributed by atoms with E-state index in [0.29, 0.717) is 34.7 Å². The molecular formula is C33H43N9O2. The van der Waals surface area contributed by atoms with Crippen LogP contribution in [0.25, 0.3) is 0 Å². The van der Waals surface area contributed by atoms with Crippen LogP contribution in [-0.4, -0.2) is 85.1 Å². The molecule has 0 bridgehead atoms. The van der Waals surface area contributed by atoms with E-state index >= 15 is 0 Å². The number of nitrogens with zero attached hydrogens (tertiary/aromatic N) is 6. The fraction of sp³-hybridized carbons (Fsp3) is 0.394. The number of para-hydroxylation sites is 2. The lowest BCUT2D eigenvalue weighted by atomic mass is 10.0. The summed E-state index contributed by atoms with van der Waals surface area (Å²) in [6.45, 7) is 11.4. The summed E-state index contributed by atoms with van der Waals surface area (Å²) in [4.78, 5) is 28.3. The highest BCUT2D eigenvalue weighted by molar-refractivity contribution is 6.02. The van der Waals surface area contributed by atoms with Crippen LogP contribution in [0.15, 0.2) is 61.3 Å². The molecule has 11 nitrogen and oxygen atoms in total. The largest absolute Gasteiger partial charge is 0.489 e. The van der Waals surface area contributed by atoms with Crippen LogP contribution in [0.3, 0.4) is 0 Å². The number of hydrogen-bond acceptors (Lipinski definition) is 10. The summed E-state index contributed by atoms with van der Waals surface area (Å²) >= 11 is 0. The first kappa shape index (κ1) is 32.3. The molecule has 0 saturated carbocycles. The number of nitriles is 1. The van der Waals surface area contributed by atoms with Crippen molar-refractivity contribution < 1.29 is 9.53 Å². The van der Waals surface area contributed by atoms with E-state index in [-0.39, 0.29) is 23.5 Å². The van der Waals surface area contributed by atoms with Crippen LogP contribution >= 0.6 is 0 Å². The minimum Gasteiger partial charge on any atom is -0.489 e. The van der Waals surface area contributed by atoms with E-state index < -0.39 is 0 Å². The average molecular weight is 598 g/mol. The third-order valence-electron chi connectivity index (χ3n) is 7.46. The van der Waals surface area contributed by atoms with Crippen molar-refractivity contribution >= 4 is 40.4 Å². The van der Waals surface area contributed by atoms with Crippen LogP contribution in [0.5, 0.6) is 5.75 Å². The van der Waals surface area contributed by atoms with Crippen molar-refractivity contribution in [1.82, 2.24) is 19.8 Å². The summed E-state index contributed by atoms with van der Waals surface area (Å²) in [5, 5.41) is 19.1. The number of ether oxygens (including phenoxy) is 1. The third-order valence-corrected chi connectivity index (χ3v) is 7.46. The van der Waals surface area contributed by atoms with Gasteiger partial charge in [0.25, 0.3) is 0 Å². The molecule has 1 saturated heterocycles. The number of anilines is 6. The number of likely N-dealkylation sites (N-methyl/N-ethyl adjacent to an activating group) is 2. The minimum absolute atomic E-state index is 0.0241. The van der Waals surface area contributed by atoms with E-state index in [1.165, 1.54) is 12.3 Å². The van der Waals surface area contributed by atoms with Gasteiger partial charge in [0.15, 0.2) is 5.82 Å². The molecular weight excluding hydrogens is 554 g/mol. The van der Waals surface area contributed by atoms with Gasteiger partial charge in [-0.25, -0.2) is 4.98 Å². The zero-order valence-corrected chi connectivity index (χ0v) is 26.3. The Morgan fingerprint density at radius 3 is 2.55 bits per heavy atom. The summed E-state index contributed by atoms with van der Waals surface area (Å²) in [5.74, 6) is 0.916. The fourth-order valence-corrected chi connectivity index (χ4v) is 5.02. The maximum Gasteiger partial charge on any atom is 0.247 e. The van der Waals surface area contributed by atoms with Crippen molar-refractivity contribution in [3.63, 3.8) is 0 Å². The number of nitrogens with one attached hydrogen (secondary N) is 3. The first-order valence-corrected chi connectivity index (χ1v) is 14.9. The normalized spacial score (nSPS) is 13.6. The first-order chi connectivity index (χ1) is 21.2. The van der Waals surface area contributed by atoms with E-state index in [1.54, 1.807) is 0 Å². The number of carbonyl (C=O) groups is 1. The molecule has 4 rings (SSSR count). The molecule has 44 heavy (non-hydrogen) atoms. The Morgan fingerprint density at radius 1 is 1.11 bits per heavy atom. The molecule has 3 N–H and O–H groups in total. The second-order valence-corrected chi connectivity index (χ2v) is 11.4. The van der Waals surface area contributed by atoms with Gasteiger partial charge in [-0.1, -0.05) is 18.7 Å². The van der Waals surface area contributed by atoms with Gasteiger partial charge < -0.3 is 35.4 Å². The number of piperidine rings is 1. The van der Waals surface area contributed by atoms with Crippen LogP contribution < -0.4 is 25.6 Å². The number of benzene rings is 2. The molecule has 2 heterocycles. The summed E-state index contributed by atoms with van der Waals surface area (Å²) in [6, 6.07) is 16.1. The molecule has 0 unspecified atom stereocenters. The van der Waals surface area contributed by atoms with Crippen LogP contribution in [0.1, 0.15) is 32.3 Å². The summed E-state index contributed by atoms with van der Waals surface area (Å²) in [5.41, 5.74) is 3.17. The number of aromatic nitrogens is 2. The Hall–Kier alpha value is -4.66. The Balaban J connectivity index is 1.54. The number of rotatable bonds is 13. The smallest absolute Gasteiger partial charge is 0.247 e. The molecule has 0 radical (unpaired) electrons. The highest BCUT2D eigenvalue weighted by Crippen LogP contribution is 2.33. The van der Waals surface area contributed by atoms with Crippen LogP contribution in [0.4, 0.5) is 34.5 Å². The number of amides is 1.